The van der Waals surface area contributed by atoms with Crippen LogP contribution in [0.2, 0.25) is 5.02 Å². The fraction of sp³-hybridized carbons (Fsp3) is 0.500. The van der Waals surface area contributed by atoms with Gasteiger partial charge in [0.15, 0.2) is 9.84 Å². The van der Waals surface area contributed by atoms with Crippen LogP contribution in [-0.2, 0) is 21.1 Å². The van der Waals surface area contributed by atoms with Crippen LogP contribution in [0, 0.1) is 5.41 Å². The standard InChI is InChI=1S/C14H17ClO5S/c1-14(2,13(16)17)6-9-3-4-12(11(15)5-9)20-10-7-21(18,19)8-10/h3-5,10H,6-8H2,1-2H3,(H,16,17). The molecule has 0 radical (unpaired) electrons. The van der Waals surface area contributed by atoms with Gasteiger partial charge in [-0.05, 0) is 38.0 Å². The Morgan fingerprint density at radius 2 is 2.05 bits per heavy atom. The number of sulfone groups is 1. The summed E-state index contributed by atoms with van der Waals surface area (Å²) in [4.78, 5) is 11.1. The lowest BCUT2D eigenvalue weighted by Crippen LogP contribution is -2.45. The molecule has 21 heavy (non-hydrogen) atoms. The lowest BCUT2D eigenvalue weighted by atomic mass is 9.86. The number of benzene rings is 1. The first-order valence-corrected chi connectivity index (χ1v) is 8.68. The zero-order valence-corrected chi connectivity index (χ0v) is 13.4. The highest BCUT2D eigenvalue weighted by atomic mass is 35.5. The van der Waals surface area contributed by atoms with Gasteiger partial charge in [0.1, 0.15) is 11.9 Å². The van der Waals surface area contributed by atoms with Gasteiger partial charge in [0, 0.05) is 0 Å². The van der Waals surface area contributed by atoms with Gasteiger partial charge in [-0.3, -0.25) is 4.79 Å². The maximum atomic E-state index is 11.1. The summed E-state index contributed by atoms with van der Waals surface area (Å²) in [7, 11) is -2.94. The highest BCUT2D eigenvalue weighted by Crippen LogP contribution is 2.31. The number of halogens is 1. The lowest BCUT2D eigenvalue weighted by Gasteiger charge is -2.27. The summed E-state index contributed by atoms with van der Waals surface area (Å²) in [5.74, 6) is -0.430. The Morgan fingerprint density at radius 3 is 2.52 bits per heavy atom. The van der Waals surface area contributed by atoms with Crippen molar-refractivity contribution in [2.45, 2.75) is 26.4 Å². The molecule has 1 aromatic rings. The van der Waals surface area contributed by atoms with E-state index < -0.39 is 21.2 Å². The number of carboxylic acids is 1. The smallest absolute Gasteiger partial charge is 0.309 e. The average molecular weight is 333 g/mol. The van der Waals surface area contributed by atoms with Crippen molar-refractivity contribution in [2.75, 3.05) is 11.5 Å². The van der Waals surface area contributed by atoms with Crippen molar-refractivity contribution >= 4 is 27.4 Å². The molecule has 5 nitrogen and oxygen atoms in total. The molecule has 1 aromatic carbocycles. The molecule has 7 heteroatoms. The van der Waals surface area contributed by atoms with E-state index in [-0.39, 0.29) is 17.6 Å². The van der Waals surface area contributed by atoms with E-state index in [4.69, 9.17) is 21.4 Å². The van der Waals surface area contributed by atoms with Crippen LogP contribution in [0.5, 0.6) is 5.75 Å². The van der Waals surface area contributed by atoms with Crippen molar-refractivity contribution in [3.8, 4) is 5.75 Å². The molecule has 0 saturated carbocycles. The molecule has 1 aliphatic rings. The highest BCUT2D eigenvalue weighted by Gasteiger charge is 2.35. The number of hydrogen-bond donors (Lipinski definition) is 1. The summed E-state index contributed by atoms with van der Waals surface area (Å²) >= 11 is 6.11. The normalized spacial score (nSPS) is 18.0. The van der Waals surface area contributed by atoms with Gasteiger partial charge in [-0.2, -0.15) is 0 Å². The lowest BCUT2D eigenvalue weighted by molar-refractivity contribution is -0.146. The SMILES string of the molecule is CC(C)(Cc1ccc(OC2CS(=O)(=O)C2)c(Cl)c1)C(=O)O. The number of carboxylic acid groups (broad SMARTS) is 1. The molecule has 1 fully saturated rings. The van der Waals surface area contributed by atoms with Crippen molar-refractivity contribution in [3.05, 3.63) is 28.8 Å². The summed E-state index contributed by atoms with van der Waals surface area (Å²) in [6.45, 7) is 3.29. The van der Waals surface area contributed by atoms with Crippen LogP contribution >= 0.6 is 11.6 Å². The molecule has 0 amide bonds. The Kier molecular flexibility index (Phi) is 4.22. The Bertz CT molecular complexity index is 654. The van der Waals surface area contributed by atoms with E-state index in [1.165, 1.54) is 0 Å². The van der Waals surface area contributed by atoms with E-state index in [0.29, 0.717) is 17.2 Å². The van der Waals surface area contributed by atoms with Crippen molar-refractivity contribution < 1.29 is 23.1 Å². The molecule has 0 bridgehead atoms. The largest absolute Gasteiger partial charge is 0.487 e. The minimum Gasteiger partial charge on any atom is -0.487 e. The van der Waals surface area contributed by atoms with Crippen LogP contribution in [0.3, 0.4) is 0 Å². The Balaban J connectivity index is 2.06. The first-order valence-electron chi connectivity index (χ1n) is 6.48. The van der Waals surface area contributed by atoms with Crippen LogP contribution in [0.4, 0.5) is 0 Å². The second-order valence-electron chi connectivity index (χ2n) is 5.95. The number of carbonyl (C=O) groups is 1. The third-order valence-electron chi connectivity index (χ3n) is 3.39. The second-order valence-corrected chi connectivity index (χ2v) is 8.51. The van der Waals surface area contributed by atoms with E-state index >= 15 is 0 Å². The fourth-order valence-electron chi connectivity index (χ4n) is 2.10. The molecule has 0 aromatic heterocycles. The topological polar surface area (TPSA) is 80.7 Å². The molecule has 1 N–H and O–H groups in total. The highest BCUT2D eigenvalue weighted by molar-refractivity contribution is 7.92. The van der Waals surface area contributed by atoms with Gasteiger partial charge >= 0.3 is 5.97 Å². The van der Waals surface area contributed by atoms with E-state index in [1.807, 2.05) is 0 Å². The molecule has 1 aliphatic heterocycles. The molecule has 1 heterocycles. The number of rotatable bonds is 5. The van der Waals surface area contributed by atoms with Crippen molar-refractivity contribution in [1.29, 1.82) is 0 Å². The molecular formula is C14H17ClO5S. The molecular weight excluding hydrogens is 316 g/mol. The van der Waals surface area contributed by atoms with Crippen LogP contribution < -0.4 is 4.74 Å². The Morgan fingerprint density at radius 1 is 1.43 bits per heavy atom. The monoisotopic (exact) mass is 332 g/mol. The van der Waals surface area contributed by atoms with Crippen LogP contribution in [0.25, 0.3) is 0 Å². The quantitative estimate of drug-likeness (QED) is 0.893. The van der Waals surface area contributed by atoms with Gasteiger partial charge in [0.05, 0.1) is 21.9 Å². The summed E-state index contributed by atoms with van der Waals surface area (Å²) in [6, 6.07) is 5.06. The van der Waals surface area contributed by atoms with Crippen LogP contribution in [-0.4, -0.2) is 37.1 Å². The van der Waals surface area contributed by atoms with E-state index in [2.05, 4.69) is 0 Å². The van der Waals surface area contributed by atoms with Gasteiger partial charge in [0.25, 0.3) is 0 Å². The molecule has 0 spiro atoms. The van der Waals surface area contributed by atoms with E-state index in [1.54, 1.807) is 32.0 Å². The van der Waals surface area contributed by atoms with Gasteiger partial charge in [-0.1, -0.05) is 17.7 Å². The van der Waals surface area contributed by atoms with Gasteiger partial charge < -0.3 is 9.84 Å². The Labute approximate surface area is 128 Å². The number of ether oxygens (including phenoxy) is 1. The summed E-state index contributed by atoms with van der Waals surface area (Å²) in [5, 5.41) is 9.48. The van der Waals surface area contributed by atoms with Crippen LogP contribution in [0.1, 0.15) is 19.4 Å². The molecule has 0 atom stereocenters. The Hall–Kier alpha value is -1.27. The maximum absolute atomic E-state index is 11.1. The second kappa shape index (κ2) is 5.50. The first kappa shape index (κ1) is 16.1. The van der Waals surface area contributed by atoms with E-state index in [0.717, 1.165) is 5.56 Å². The van der Waals surface area contributed by atoms with E-state index in [9.17, 15) is 13.2 Å². The summed E-state index contributed by atoms with van der Waals surface area (Å²) in [5.41, 5.74) is -0.0886. The van der Waals surface area contributed by atoms with Gasteiger partial charge in [-0.25, -0.2) is 8.42 Å². The molecule has 0 aliphatic carbocycles. The molecule has 1 saturated heterocycles. The molecule has 0 unspecified atom stereocenters. The molecule has 116 valence electrons. The zero-order chi connectivity index (χ0) is 15.8. The molecule has 2 rings (SSSR count). The van der Waals surface area contributed by atoms with Crippen molar-refractivity contribution in [3.63, 3.8) is 0 Å². The summed E-state index contributed by atoms with van der Waals surface area (Å²) < 4.78 is 27.7. The van der Waals surface area contributed by atoms with Gasteiger partial charge in [0.2, 0.25) is 0 Å². The first-order chi connectivity index (χ1) is 9.59. The minimum atomic E-state index is -2.94. The predicted molar refractivity (Wildman–Crippen MR) is 79.6 cm³/mol. The maximum Gasteiger partial charge on any atom is 0.309 e. The predicted octanol–water partition coefficient (Wildman–Crippen LogP) is 2.17. The van der Waals surface area contributed by atoms with Gasteiger partial charge in [-0.15, -0.1) is 0 Å². The average Bonchev–Trinajstić information content (AvgIpc) is 2.29. The third kappa shape index (κ3) is 3.89. The number of hydrogen-bond acceptors (Lipinski definition) is 4. The third-order valence-corrected chi connectivity index (χ3v) is 5.45. The zero-order valence-electron chi connectivity index (χ0n) is 11.8. The number of aliphatic carboxylic acids is 1. The van der Waals surface area contributed by atoms with Crippen molar-refractivity contribution in [1.82, 2.24) is 0 Å². The van der Waals surface area contributed by atoms with Crippen molar-refractivity contribution in [2.24, 2.45) is 5.41 Å². The minimum absolute atomic E-state index is 0.0110. The summed E-state index contributed by atoms with van der Waals surface area (Å²) in [6.07, 6.45) is -0.00559. The van der Waals surface area contributed by atoms with Crippen LogP contribution in [0.15, 0.2) is 18.2 Å². The fourth-order valence-corrected chi connectivity index (χ4v) is 3.52.